The lowest BCUT2D eigenvalue weighted by Crippen LogP contribution is -2.41. The van der Waals surface area contributed by atoms with E-state index in [1.165, 1.54) is 36.9 Å². The SMILES string of the molecule is CC1CCN(c2cc(Cl)ccc2CNC2CC2)C(C)C1. The Balaban J connectivity index is 1.80. The molecule has 1 saturated carbocycles. The topological polar surface area (TPSA) is 15.3 Å². The maximum absolute atomic E-state index is 6.24. The number of hydrogen-bond acceptors (Lipinski definition) is 2. The lowest BCUT2D eigenvalue weighted by molar-refractivity contribution is 0.377. The van der Waals surface area contributed by atoms with Gasteiger partial charge in [0.2, 0.25) is 0 Å². The summed E-state index contributed by atoms with van der Waals surface area (Å²) in [5, 5.41) is 4.47. The third-order valence-electron chi connectivity index (χ3n) is 4.65. The summed E-state index contributed by atoms with van der Waals surface area (Å²) in [6, 6.07) is 7.72. The Labute approximate surface area is 127 Å². The normalized spacial score (nSPS) is 26.9. The highest BCUT2D eigenvalue weighted by atomic mass is 35.5. The predicted octanol–water partition coefficient (Wildman–Crippen LogP) is 4.22. The quantitative estimate of drug-likeness (QED) is 0.894. The van der Waals surface area contributed by atoms with Crippen molar-refractivity contribution in [3.05, 3.63) is 28.8 Å². The number of anilines is 1. The molecule has 0 radical (unpaired) electrons. The molecule has 1 aromatic carbocycles. The molecular weight excluding hydrogens is 268 g/mol. The summed E-state index contributed by atoms with van der Waals surface area (Å²) in [7, 11) is 0. The highest BCUT2D eigenvalue weighted by molar-refractivity contribution is 6.30. The zero-order chi connectivity index (χ0) is 14.1. The van der Waals surface area contributed by atoms with Gasteiger partial charge in [-0.15, -0.1) is 0 Å². The first kappa shape index (κ1) is 14.2. The standard InChI is InChI=1S/C17H25ClN2/c1-12-7-8-20(13(2)9-12)17-10-15(18)4-3-14(17)11-19-16-5-6-16/h3-4,10,12-13,16,19H,5-9,11H2,1-2H3. The Bertz CT molecular complexity index is 470. The predicted molar refractivity (Wildman–Crippen MR) is 86.5 cm³/mol. The zero-order valence-electron chi connectivity index (χ0n) is 12.5. The molecule has 2 nitrogen and oxygen atoms in total. The average Bonchev–Trinajstić information content (AvgIpc) is 3.21. The second kappa shape index (κ2) is 5.95. The molecule has 3 rings (SSSR count). The molecule has 0 spiro atoms. The minimum atomic E-state index is 0.608. The van der Waals surface area contributed by atoms with Crippen LogP contribution in [0.25, 0.3) is 0 Å². The second-order valence-corrected chi connectivity index (χ2v) is 7.04. The van der Waals surface area contributed by atoms with Crippen molar-refractivity contribution in [3.8, 4) is 0 Å². The summed E-state index contributed by atoms with van der Waals surface area (Å²) >= 11 is 6.24. The van der Waals surface area contributed by atoms with Crippen LogP contribution in [0.5, 0.6) is 0 Å². The average molecular weight is 293 g/mol. The van der Waals surface area contributed by atoms with Crippen molar-refractivity contribution in [1.29, 1.82) is 0 Å². The molecule has 110 valence electrons. The van der Waals surface area contributed by atoms with Gasteiger partial charge in [-0.2, -0.15) is 0 Å². The third kappa shape index (κ3) is 3.29. The van der Waals surface area contributed by atoms with Gasteiger partial charge in [0.1, 0.15) is 0 Å². The molecule has 1 saturated heterocycles. The van der Waals surface area contributed by atoms with Crippen LogP contribution in [-0.4, -0.2) is 18.6 Å². The number of halogens is 1. The molecule has 2 aliphatic rings. The largest absolute Gasteiger partial charge is 0.369 e. The van der Waals surface area contributed by atoms with Crippen LogP contribution in [0.1, 0.15) is 45.1 Å². The Morgan fingerprint density at radius 2 is 2.05 bits per heavy atom. The van der Waals surface area contributed by atoms with Crippen LogP contribution < -0.4 is 10.2 Å². The first-order valence-corrected chi connectivity index (χ1v) is 8.29. The Hall–Kier alpha value is -0.730. The first-order valence-electron chi connectivity index (χ1n) is 7.92. The molecule has 0 aromatic heterocycles. The van der Waals surface area contributed by atoms with Crippen LogP contribution >= 0.6 is 11.6 Å². The molecule has 2 unspecified atom stereocenters. The van der Waals surface area contributed by atoms with Crippen LogP contribution in [0.2, 0.25) is 5.02 Å². The van der Waals surface area contributed by atoms with E-state index in [4.69, 9.17) is 11.6 Å². The fraction of sp³-hybridized carbons (Fsp3) is 0.647. The molecule has 1 aromatic rings. The molecule has 1 N–H and O–H groups in total. The summed E-state index contributed by atoms with van der Waals surface area (Å²) in [5.41, 5.74) is 2.73. The summed E-state index contributed by atoms with van der Waals surface area (Å²) < 4.78 is 0. The van der Waals surface area contributed by atoms with Crippen LogP contribution in [0.15, 0.2) is 18.2 Å². The van der Waals surface area contributed by atoms with E-state index in [2.05, 4.69) is 36.2 Å². The highest BCUT2D eigenvalue weighted by Gasteiger charge is 2.26. The van der Waals surface area contributed by atoms with E-state index in [0.29, 0.717) is 6.04 Å². The van der Waals surface area contributed by atoms with Crippen LogP contribution in [-0.2, 0) is 6.54 Å². The number of benzene rings is 1. The Kier molecular flexibility index (Phi) is 4.23. The molecule has 1 aliphatic heterocycles. The van der Waals surface area contributed by atoms with E-state index in [9.17, 15) is 0 Å². The van der Waals surface area contributed by atoms with Crippen molar-refractivity contribution in [2.45, 2.75) is 58.2 Å². The van der Waals surface area contributed by atoms with E-state index in [1.54, 1.807) is 0 Å². The third-order valence-corrected chi connectivity index (χ3v) is 4.89. The molecular formula is C17H25ClN2. The van der Waals surface area contributed by atoms with E-state index >= 15 is 0 Å². The highest BCUT2D eigenvalue weighted by Crippen LogP contribution is 2.32. The number of nitrogens with one attached hydrogen (secondary N) is 1. The molecule has 20 heavy (non-hydrogen) atoms. The van der Waals surface area contributed by atoms with Gasteiger partial charge >= 0.3 is 0 Å². The molecule has 1 aliphatic carbocycles. The van der Waals surface area contributed by atoms with E-state index < -0.39 is 0 Å². The Morgan fingerprint density at radius 1 is 1.25 bits per heavy atom. The summed E-state index contributed by atoms with van der Waals surface area (Å²) in [6.07, 6.45) is 5.23. The smallest absolute Gasteiger partial charge is 0.0429 e. The van der Waals surface area contributed by atoms with Gasteiger partial charge < -0.3 is 10.2 Å². The van der Waals surface area contributed by atoms with E-state index in [-0.39, 0.29) is 0 Å². The molecule has 0 amide bonds. The fourth-order valence-corrected chi connectivity index (χ4v) is 3.43. The van der Waals surface area contributed by atoms with Gasteiger partial charge in [0, 0.05) is 35.9 Å². The van der Waals surface area contributed by atoms with Crippen LogP contribution in [0.3, 0.4) is 0 Å². The van der Waals surface area contributed by atoms with Gasteiger partial charge in [-0.25, -0.2) is 0 Å². The lowest BCUT2D eigenvalue weighted by atomic mass is 9.92. The number of piperidine rings is 1. The van der Waals surface area contributed by atoms with Crippen molar-refractivity contribution < 1.29 is 0 Å². The van der Waals surface area contributed by atoms with Gasteiger partial charge in [-0.3, -0.25) is 0 Å². The Morgan fingerprint density at radius 3 is 2.75 bits per heavy atom. The van der Waals surface area contributed by atoms with Crippen LogP contribution in [0, 0.1) is 5.92 Å². The maximum atomic E-state index is 6.24. The van der Waals surface area contributed by atoms with E-state index in [1.807, 2.05) is 6.07 Å². The van der Waals surface area contributed by atoms with Gasteiger partial charge in [0.15, 0.2) is 0 Å². The van der Waals surface area contributed by atoms with Crippen molar-refractivity contribution in [2.24, 2.45) is 5.92 Å². The second-order valence-electron chi connectivity index (χ2n) is 6.60. The van der Waals surface area contributed by atoms with E-state index in [0.717, 1.165) is 30.1 Å². The number of hydrogen-bond donors (Lipinski definition) is 1. The van der Waals surface area contributed by atoms with Crippen molar-refractivity contribution in [3.63, 3.8) is 0 Å². The summed E-state index contributed by atoms with van der Waals surface area (Å²) in [5.74, 6) is 0.841. The van der Waals surface area contributed by atoms with Gasteiger partial charge in [0.25, 0.3) is 0 Å². The molecule has 2 atom stereocenters. The van der Waals surface area contributed by atoms with Gasteiger partial charge in [0.05, 0.1) is 0 Å². The minimum Gasteiger partial charge on any atom is -0.369 e. The monoisotopic (exact) mass is 292 g/mol. The van der Waals surface area contributed by atoms with Gasteiger partial charge in [-0.05, 0) is 56.2 Å². The van der Waals surface area contributed by atoms with Crippen molar-refractivity contribution in [1.82, 2.24) is 5.32 Å². The lowest BCUT2D eigenvalue weighted by Gasteiger charge is -2.39. The minimum absolute atomic E-state index is 0.608. The first-order chi connectivity index (χ1) is 9.63. The molecule has 0 bridgehead atoms. The zero-order valence-corrected chi connectivity index (χ0v) is 13.3. The summed E-state index contributed by atoms with van der Waals surface area (Å²) in [6.45, 7) is 6.82. The van der Waals surface area contributed by atoms with Gasteiger partial charge in [-0.1, -0.05) is 24.6 Å². The number of nitrogens with zero attached hydrogens (tertiary/aromatic N) is 1. The number of rotatable bonds is 4. The molecule has 3 heteroatoms. The van der Waals surface area contributed by atoms with Crippen molar-refractivity contribution >= 4 is 17.3 Å². The maximum Gasteiger partial charge on any atom is 0.0429 e. The van der Waals surface area contributed by atoms with Crippen LogP contribution in [0.4, 0.5) is 5.69 Å². The molecule has 2 fully saturated rings. The van der Waals surface area contributed by atoms with Crippen molar-refractivity contribution in [2.75, 3.05) is 11.4 Å². The summed E-state index contributed by atoms with van der Waals surface area (Å²) in [4.78, 5) is 2.55. The fourth-order valence-electron chi connectivity index (χ4n) is 3.26. The molecule has 1 heterocycles.